The number of methoxy groups -OCH3 is 2. The van der Waals surface area contributed by atoms with E-state index < -0.39 is 0 Å². The Morgan fingerprint density at radius 1 is 1.20 bits per heavy atom. The van der Waals surface area contributed by atoms with Gasteiger partial charge in [-0.3, -0.25) is 4.79 Å². The van der Waals surface area contributed by atoms with Gasteiger partial charge in [0.1, 0.15) is 0 Å². The molecule has 1 unspecified atom stereocenters. The molecule has 1 atom stereocenters. The molecule has 2 fully saturated rings. The minimum atomic E-state index is 0. The number of carbonyl (C=O) groups is 1. The molecular weight excluding hydrogens is 280 g/mol. The fraction of sp³-hybridized carbons (Fsp3) is 0.929. The van der Waals surface area contributed by atoms with E-state index >= 15 is 0 Å². The molecule has 2 rings (SSSR count). The summed E-state index contributed by atoms with van der Waals surface area (Å²) in [5.41, 5.74) is 0.306. The van der Waals surface area contributed by atoms with Crippen LogP contribution in [0.1, 0.15) is 19.3 Å². The summed E-state index contributed by atoms with van der Waals surface area (Å²) in [6.07, 6.45) is 3.36. The predicted octanol–water partition coefficient (Wildman–Crippen LogP) is 0.919. The molecule has 6 heteroatoms. The Balaban J connectivity index is 0.00000200. The van der Waals surface area contributed by atoms with Gasteiger partial charge in [0.2, 0.25) is 5.91 Å². The van der Waals surface area contributed by atoms with Gasteiger partial charge in [-0.2, -0.15) is 0 Å². The summed E-state index contributed by atoms with van der Waals surface area (Å²) >= 11 is 0. The number of piperidine rings is 1. The average Bonchev–Trinajstić information content (AvgIpc) is 3.12. The van der Waals surface area contributed by atoms with Crippen molar-refractivity contribution in [3.63, 3.8) is 0 Å². The third-order valence-corrected chi connectivity index (χ3v) is 4.53. The largest absolute Gasteiger partial charge is 0.383 e. The van der Waals surface area contributed by atoms with E-state index in [1.165, 1.54) is 0 Å². The van der Waals surface area contributed by atoms with Crippen LogP contribution in [0.2, 0.25) is 0 Å². The lowest BCUT2D eigenvalue weighted by Gasteiger charge is -2.26. The third kappa shape index (κ3) is 4.07. The van der Waals surface area contributed by atoms with Gasteiger partial charge < -0.3 is 19.7 Å². The second-order valence-electron chi connectivity index (χ2n) is 5.68. The second-order valence-corrected chi connectivity index (χ2v) is 5.68. The summed E-state index contributed by atoms with van der Waals surface area (Å²) in [4.78, 5) is 14.5. The van der Waals surface area contributed by atoms with Crippen molar-refractivity contribution in [2.45, 2.75) is 19.3 Å². The van der Waals surface area contributed by atoms with Crippen molar-refractivity contribution in [2.24, 2.45) is 11.3 Å². The van der Waals surface area contributed by atoms with E-state index in [1.54, 1.807) is 14.2 Å². The Bertz CT molecular complexity index is 301. The van der Waals surface area contributed by atoms with Crippen LogP contribution in [0.25, 0.3) is 0 Å². The Morgan fingerprint density at radius 3 is 2.25 bits per heavy atom. The lowest BCUT2D eigenvalue weighted by Crippen LogP contribution is -2.39. The number of amides is 1. The minimum Gasteiger partial charge on any atom is -0.383 e. The van der Waals surface area contributed by atoms with Gasteiger partial charge in [-0.25, -0.2) is 0 Å². The molecule has 5 nitrogen and oxygen atoms in total. The Labute approximate surface area is 127 Å². The Kier molecular flexibility index (Phi) is 7.23. The number of nitrogens with zero attached hydrogens (tertiary/aromatic N) is 1. The fourth-order valence-electron chi connectivity index (χ4n) is 3.13. The molecule has 118 valence electrons. The summed E-state index contributed by atoms with van der Waals surface area (Å²) in [6.45, 7) is 4.64. The average molecular weight is 307 g/mol. The third-order valence-electron chi connectivity index (χ3n) is 4.53. The number of carbonyl (C=O) groups excluding carboxylic acids is 1. The first-order valence-electron chi connectivity index (χ1n) is 7.21. The van der Waals surface area contributed by atoms with Crippen LogP contribution < -0.4 is 5.32 Å². The molecule has 0 aromatic carbocycles. The highest BCUT2D eigenvalue weighted by atomic mass is 35.5. The molecule has 1 saturated heterocycles. The first-order valence-corrected chi connectivity index (χ1v) is 7.21. The molecule has 1 spiro atoms. The number of ether oxygens (including phenoxy) is 2. The summed E-state index contributed by atoms with van der Waals surface area (Å²) in [5, 5.41) is 3.37. The molecule has 2 aliphatic rings. The highest BCUT2D eigenvalue weighted by Gasteiger charge is 2.58. The minimum absolute atomic E-state index is 0. The van der Waals surface area contributed by atoms with Crippen molar-refractivity contribution < 1.29 is 14.3 Å². The molecule has 20 heavy (non-hydrogen) atoms. The van der Waals surface area contributed by atoms with Crippen molar-refractivity contribution in [3.05, 3.63) is 0 Å². The first-order chi connectivity index (χ1) is 9.23. The molecule has 0 aromatic heterocycles. The number of halogens is 1. The predicted molar refractivity (Wildman–Crippen MR) is 80.2 cm³/mol. The summed E-state index contributed by atoms with van der Waals surface area (Å²) < 4.78 is 10.2. The number of hydrogen-bond donors (Lipinski definition) is 1. The zero-order valence-corrected chi connectivity index (χ0v) is 13.3. The van der Waals surface area contributed by atoms with Gasteiger partial charge in [0.15, 0.2) is 0 Å². The highest BCUT2D eigenvalue weighted by Crippen LogP contribution is 2.59. The van der Waals surface area contributed by atoms with Crippen LogP contribution in [-0.2, 0) is 14.3 Å². The van der Waals surface area contributed by atoms with Crippen molar-refractivity contribution in [1.82, 2.24) is 10.2 Å². The lowest BCUT2D eigenvalue weighted by molar-refractivity contribution is -0.135. The zero-order chi connectivity index (χ0) is 13.7. The van der Waals surface area contributed by atoms with Crippen molar-refractivity contribution in [3.8, 4) is 0 Å². The van der Waals surface area contributed by atoms with E-state index in [4.69, 9.17) is 9.47 Å². The van der Waals surface area contributed by atoms with E-state index in [0.717, 1.165) is 32.4 Å². The molecule has 1 aliphatic carbocycles. The lowest BCUT2D eigenvalue weighted by atomic mass is 9.91. The van der Waals surface area contributed by atoms with E-state index in [1.807, 2.05) is 4.90 Å². The van der Waals surface area contributed by atoms with Crippen LogP contribution in [0.4, 0.5) is 0 Å². The van der Waals surface area contributed by atoms with Crippen molar-refractivity contribution in [2.75, 3.05) is 53.6 Å². The summed E-state index contributed by atoms with van der Waals surface area (Å²) in [7, 11) is 3.34. The van der Waals surface area contributed by atoms with Crippen molar-refractivity contribution in [1.29, 1.82) is 0 Å². The summed E-state index contributed by atoms with van der Waals surface area (Å²) in [5.74, 6) is 0.541. The SMILES string of the molecule is COCCN(CCOC)C(=O)C1CC12CCNCC2.Cl. The molecular formula is C14H27ClN2O3. The maximum absolute atomic E-state index is 12.6. The molecule has 0 bridgehead atoms. The molecule has 0 radical (unpaired) electrons. The van der Waals surface area contributed by atoms with Gasteiger partial charge in [-0.05, 0) is 37.8 Å². The fourth-order valence-corrected chi connectivity index (χ4v) is 3.13. The standard InChI is InChI=1S/C14H26N2O3.ClH/c1-18-9-7-16(8-10-19-2)13(17)12-11-14(12)3-5-15-6-4-14;/h12,15H,3-11H2,1-2H3;1H. The molecule has 1 saturated carbocycles. The van der Waals surface area contributed by atoms with Gasteiger partial charge >= 0.3 is 0 Å². The Hall–Kier alpha value is -0.360. The van der Waals surface area contributed by atoms with Crippen LogP contribution in [0.3, 0.4) is 0 Å². The zero-order valence-electron chi connectivity index (χ0n) is 12.5. The molecule has 0 aromatic rings. The van der Waals surface area contributed by atoms with Gasteiger partial charge in [0.05, 0.1) is 13.2 Å². The van der Waals surface area contributed by atoms with Crippen molar-refractivity contribution >= 4 is 18.3 Å². The second kappa shape index (κ2) is 8.17. The molecule has 1 heterocycles. The first kappa shape index (κ1) is 17.7. The van der Waals surface area contributed by atoms with Crippen LogP contribution in [0.5, 0.6) is 0 Å². The van der Waals surface area contributed by atoms with Gasteiger partial charge in [0.25, 0.3) is 0 Å². The number of hydrogen-bond acceptors (Lipinski definition) is 4. The van der Waals surface area contributed by atoms with Gasteiger partial charge in [-0.15, -0.1) is 12.4 Å². The van der Waals surface area contributed by atoms with Gasteiger partial charge in [0, 0.05) is 33.2 Å². The Morgan fingerprint density at radius 2 is 1.75 bits per heavy atom. The van der Waals surface area contributed by atoms with E-state index in [9.17, 15) is 4.79 Å². The molecule has 1 amide bonds. The number of rotatable bonds is 7. The maximum atomic E-state index is 12.6. The maximum Gasteiger partial charge on any atom is 0.226 e. The summed E-state index contributed by atoms with van der Waals surface area (Å²) in [6, 6.07) is 0. The number of nitrogens with one attached hydrogen (secondary N) is 1. The van der Waals surface area contributed by atoms with Gasteiger partial charge in [-0.1, -0.05) is 0 Å². The molecule has 1 aliphatic heterocycles. The van der Waals surface area contributed by atoms with Crippen LogP contribution in [0, 0.1) is 11.3 Å². The molecule has 1 N–H and O–H groups in total. The van der Waals surface area contributed by atoms with E-state index in [0.29, 0.717) is 37.6 Å². The normalized spacial score (nSPS) is 23.2. The van der Waals surface area contributed by atoms with Crippen LogP contribution in [0.15, 0.2) is 0 Å². The topological polar surface area (TPSA) is 50.8 Å². The van der Waals surface area contributed by atoms with E-state index in [2.05, 4.69) is 5.32 Å². The van der Waals surface area contributed by atoms with Crippen LogP contribution >= 0.6 is 12.4 Å². The van der Waals surface area contributed by atoms with E-state index in [-0.39, 0.29) is 18.3 Å². The quantitative estimate of drug-likeness (QED) is 0.760. The monoisotopic (exact) mass is 306 g/mol. The highest BCUT2D eigenvalue weighted by molar-refractivity contribution is 5.85. The smallest absolute Gasteiger partial charge is 0.226 e. The van der Waals surface area contributed by atoms with Crippen LogP contribution in [-0.4, -0.2) is 64.4 Å².